The van der Waals surface area contributed by atoms with Gasteiger partial charge in [-0.05, 0) is 43.7 Å². The van der Waals surface area contributed by atoms with E-state index in [1.54, 1.807) is 12.1 Å². The van der Waals surface area contributed by atoms with E-state index in [9.17, 15) is 4.39 Å². The second-order valence-electron chi connectivity index (χ2n) is 3.42. The molecule has 15 heavy (non-hydrogen) atoms. The summed E-state index contributed by atoms with van der Waals surface area (Å²) in [6, 6.07) is 6.18. The molecule has 0 heterocycles. The summed E-state index contributed by atoms with van der Waals surface area (Å²) >= 11 is 0. The van der Waals surface area contributed by atoms with Crippen molar-refractivity contribution < 1.29 is 4.39 Å². The Morgan fingerprint density at radius 3 is 2.60 bits per heavy atom. The molecule has 0 unspecified atom stereocenters. The number of hydrogen-bond donors (Lipinski definition) is 0. The van der Waals surface area contributed by atoms with E-state index in [4.69, 9.17) is 0 Å². The monoisotopic (exact) mass is 205 g/mol. The van der Waals surface area contributed by atoms with Gasteiger partial charge in [0.25, 0.3) is 0 Å². The second-order valence-corrected chi connectivity index (χ2v) is 3.42. The lowest BCUT2D eigenvalue weighted by atomic mass is 10.2. The number of unbranched alkanes of at least 4 members (excludes halogenated alkanes) is 1. The Morgan fingerprint density at radius 2 is 2.00 bits per heavy atom. The third-order valence-electron chi connectivity index (χ3n) is 1.95. The fraction of sp³-hybridized carbons (Fsp3) is 0.308. The van der Waals surface area contributed by atoms with Crippen LogP contribution in [0.4, 0.5) is 10.1 Å². The number of benzene rings is 1. The molecule has 2 heteroatoms. The maximum absolute atomic E-state index is 12.6. The molecule has 0 bridgehead atoms. The first-order valence-electron chi connectivity index (χ1n) is 5.19. The SMILES string of the molecule is CCC/C=C\C(C)=Nc1ccc(F)cc1. The first-order chi connectivity index (χ1) is 7.22. The van der Waals surface area contributed by atoms with E-state index in [2.05, 4.69) is 18.0 Å². The van der Waals surface area contributed by atoms with Crippen LogP contribution in [-0.2, 0) is 0 Å². The van der Waals surface area contributed by atoms with Gasteiger partial charge < -0.3 is 0 Å². The molecule has 0 N–H and O–H groups in total. The molecule has 0 atom stereocenters. The van der Waals surface area contributed by atoms with Gasteiger partial charge in [0, 0.05) is 5.71 Å². The van der Waals surface area contributed by atoms with Crippen molar-refractivity contribution >= 4 is 11.4 Å². The number of hydrogen-bond acceptors (Lipinski definition) is 1. The van der Waals surface area contributed by atoms with E-state index in [0.717, 1.165) is 24.2 Å². The predicted octanol–water partition coefficient (Wildman–Crippen LogP) is 4.27. The number of nitrogens with zero attached hydrogens (tertiary/aromatic N) is 1. The number of aliphatic imine (C=N–C) groups is 1. The lowest BCUT2D eigenvalue weighted by molar-refractivity contribution is 0.628. The number of rotatable bonds is 4. The highest BCUT2D eigenvalue weighted by atomic mass is 19.1. The van der Waals surface area contributed by atoms with Crippen molar-refractivity contribution in [1.29, 1.82) is 0 Å². The normalized spacial score (nSPS) is 12.3. The molecular formula is C13H16FN. The standard InChI is InChI=1S/C13H16FN/c1-3-4-5-6-11(2)15-13-9-7-12(14)8-10-13/h5-10H,3-4H2,1-2H3/b6-5-,15-11?. The number of halogens is 1. The molecule has 0 spiro atoms. The Labute approximate surface area is 90.4 Å². The maximum Gasteiger partial charge on any atom is 0.123 e. The van der Waals surface area contributed by atoms with Gasteiger partial charge >= 0.3 is 0 Å². The van der Waals surface area contributed by atoms with Crippen LogP contribution in [0, 0.1) is 5.82 Å². The minimum absolute atomic E-state index is 0.229. The lowest BCUT2D eigenvalue weighted by Gasteiger charge is -1.95. The van der Waals surface area contributed by atoms with Crippen molar-refractivity contribution in [3.8, 4) is 0 Å². The molecule has 0 aromatic heterocycles. The Kier molecular flexibility index (Phi) is 4.75. The van der Waals surface area contributed by atoms with Gasteiger partial charge in [-0.25, -0.2) is 4.39 Å². The van der Waals surface area contributed by atoms with Crippen molar-refractivity contribution in [1.82, 2.24) is 0 Å². The summed E-state index contributed by atoms with van der Waals surface area (Å²) < 4.78 is 12.6. The van der Waals surface area contributed by atoms with E-state index in [-0.39, 0.29) is 5.82 Å². The van der Waals surface area contributed by atoms with Gasteiger partial charge in [-0.2, -0.15) is 0 Å². The van der Waals surface area contributed by atoms with E-state index in [1.807, 2.05) is 13.0 Å². The predicted molar refractivity (Wildman–Crippen MR) is 63.2 cm³/mol. The third kappa shape index (κ3) is 4.54. The molecule has 0 saturated carbocycles. The molecule has 0 saturated heterocycles. The summed E-state index contributed by atoms with van der Waals surface area (Å²) in [5.41, 5.74) is 1.73. The van der Waals surface area contributed by atoms with Crippen molar-refractivity contribution in [2.24, 2.45) is 4.99 Å². The highest BCUT2D eigenvalue weighted by Crippen LogP contribution is 2.12. The molecule has 0 fully saturated rings. The highest BCUT2D eigenvalue weighted by molar-refractivity contribution is 5.94. The molecule has 0 radical (unpaired) electrons. The molecule has 0 aliphatic heterocycles. The molecule has 0 amide bonds. The average Bonchev–Trinajstić information content (AvgIpc) is 2.22. The molecule has 1 aromatic carbocycles. The summed E-state index contributed by atoms with van der Waals surface area (Å²) in [4.78, 5) is 4.34. The topological polar surface area (TPSA) is 12.4 Å². The van der Waals surface area contributed by atoms with Crippen molar-refractivity contribution in [2.45, 2.75) is 26.7 Å². The maximum atomic E-state index is 12.6. The fourth-order valence-corrected chi connectivity index (χ4v) is 1.18. The minimum atomic E-state index is -0.229. The van der Waals surface area contributed by atoms with E-state index in [1.165, 1.54) is 12.1 Å². The largest absolute Gasteiger partial charge is 0.254 e. The summed E-state index contributed by atoms with van der Waals surface area (Å²) in [5.74, 6) is -0.229. The van der Waals surface area contributed by atoms with E-state index in [0.29, 0.717) is 0 Å². The van der Waals surface area contributed by atoms with Crippen molar-refractivity contribution in [2.75, 3.05) is 0 Å². The van der Waals surface area contributed by atoms with Crippen LogP contribution in [0.1, 0.15) is 26.7 Å². The molecule has 1 aromatic rings. The van der Waals surface area contributed by atoms with Gasteiger partial charge in [0.2, 0.25) is 0 Å². The van der Waals surface area contributed by atoms with Crippen LogP contribution in [0.3, 0.4) is 0 Å². The van der Waals surface area contributed by atoms with Gasteiger partial charge in [-0.15, -0.1) is 0 Å². The van der Waals surface area contributed by atoms with Crippen LogP contribution in [0.25, 0.3) is 0 Å². The van der Waals surface area contributed by atoms with Gasteiger partial charge in [0.05, 0.1) is 5.69 Å². The molecular weight excluding hydrogens is 189 g/mol. The van der Waals surface area contributed by atoms with Gasteiger partial charge in [-0.1, -0.05) is 19.4 Å². The summed E-state index contributed by atoms with van der Waals surface area (Å²) in [6.45, 7) is 4.08. The van der Waals surface area contributed by atoms with E-state index < -0.39 is 0 Å². The zero-order chi connectivity index (χ0) is 11.1. The van der Waals surface area contributed by atoms with Crippen LogP contribution in [0.5, 0.6) is 0 Å². The second kappa shape index (κ2) is 6.12. The summed E-state index contributed by atoms with van der Waals surface area (Å²) in [5, 5.41) is 0. The Bertz CT molecular complexity index is 349. The quantitative estimate of drug-likeness (QED) is 0.651. The van der Waals surface area contributed by atoms with Crippen LogP contribution >= 0.6 is 0 Å². The fourth-order valence-electron chi connectivity index (χ4n) is 1.18. The van der Waals surface area contributed by atoms with Crippen LogP contribution in [0.2, 0.25) is 0 Å². The van der Waals surface area contributed by atoms with Crippen LogP contribution in [0.15, 0.2) is 41.4 Å². The molecule has 80 valence electrons. The molecule has 0 aliphatic carbocycles. The summed E-state index contributed by atoms with van der Waals surface area (Å²) in [6.07, 6.45) is 6.30. The number of allylic oxidation sites excluding steroid dienone is 2. The van der Waals surface area contributed by atoms with Crippen molar-refractivity contribution in [3.63, 3.8) is 0 Å². The van der Waals surface area contributed by atoms with E-state index >= 15 is 0 Å². The molecule has 0 aliphatic rings. The molecule has 1 nitrogen and oxygen atoms in total. The minimum Gasteiger partial charge on any atom is -0.254 e. The highest BCUT2D eigenvalue weighted by Gasteiger charge is 1.91. The van der Waals surface area contributed by atoms with Crippen LogP contribution < -0.4 is 0 Å². The summed E-state index contributed by atoms with van der Waals surface area (Å²) in [7, 11) is 0. The zero-order valence-corrected chi connectivity index (χ0v) is 9.20. The van der Waals surface area contributed by atoms with Crippen molar-refractivity contribution in [3.05, 3.63) is 42.2 Å². The van der Waals surface area contributed by atoms with Gasteiger partial charge in [0.15, 0.2) is 0 Å². The Balaban J connectivity index is 2.66. The Hall–Kier alpha value is -1.44. The molecule has 1 rings (SSSR count). The Morgan fingerprint density at radius 1 is 1.33 bits per heavy atom. The lowest BCUT2D eigenvalue weighted by Crippen LogP contribution is -1.83. The van der Waals surface area contributed by atoms with Gasteiger partial charge in [0.1, 0.15) is 5.82 Å². The first-order valence-corrected chi connectivity index (χ1v) is 5.19. The first kappa shape index (κ1) is 11.6. The third-order valence-corrected chi connectivity index (χ3v) is 1.95. The smallest absolute Gasteiger partial charge is 0.123 e. The average molecular weight is 205 g/mol. The van der Waals surface area contributed by atoms with Gasteiger partial charge in [-0.3, -0.25) is 4.99 Å². The zero-order valence-electron chi connectivity index (χ0n) is 9.20. The van der Waals surface area contributed by atoms with Crippen LogP contribution in [-0.4, -0.2) is 5.71 Å².